The van der Waals surface area contributed by atoms with E-state index in [1.165, 1.54) is 77.7 Å². The standard InChI is InChI=1S/C25H50O3Si/c1-6-7-8-9-10-11-12-13-14-15-16-17-18-19-20-24(25(26)27-2)23-28-21-22-29(3,4)5/h13-14,24H,6-12,15-23H2,1-5H3/b14-13-/t24-/m1/s1. The molecule has 172 valence electrons. The molecule has 29 heavy (non-hydrogen) atoms. The molecule has 0 fully saturated rings. The van der Waals surface area contributed by atoms with Crippen molar-refractivity contribution in [2.45, 2.75) is 116 Å². The Morgan fingerprint density at radius 1 is 0.862 bits per heavy atom. The molecule has 0 aliphatic carbocycles. The molecule has 0 aromatic carbocycles. The Morgan fingerprint density at radius 2 is 1.41 bits per heavy atom. The molecule has 0 aromatic heterocycles. The van der Waals surface area contributed by atoms with Gasteiger partial charge in [0, 0.05) is 14.7 Å². The third kappa shape index (κ3) is 20.4. The zero-order chi connectivity index (χ0) is 21.8. The van der Waals surface area contributed by atoms with Gasteiger partial charge < -0.3 is 9.47 Å². The molecular formula is C25H50O3Si. The third-order valence-electron chi connectivity index (χ3n) is 5.41. The van der Waals surface area contributed by atoms with Crippen molar-refractivity contribution in [2.24, 2.45) is 5.92 Å². The number of carbonyl (C=O) groups is 1. The minimum Gasteiger partial charge on any atom is -0.469 e. The summed E-state index contributed by atoms with van der Waals surface area (Å²) in [5.74, 6) is -0.213. The summed E-state index contributed by atoms with van der Waals surface area (Å²) in [6.45, 7) is 10.6. The number of unbranched alkanes of at least 4 members (excludes halogenated alkanes) is 10. The van der Waals surface area contributed by atoms with Gasteiger partial charge in [-0.25, -0.2) is 0 Å². The van der Waals surface area contributed by atoms with Gasteiger partial charge in [0.05, 0.1) is 19.6 Å². The van der Waals surface area contributed by atoms with E-state index in [1.54, 1.807) is 0 Å². The predicted molar refractivity (Wildman–Crippen MR) is 129 cm³/mol. The van der Waals surface area contributed by atoms with Gasteiger partial charge in [0.2, 0.25) is 0 Å². The van der Waals surface area contributed by atoms with Gasteiger partial charge in [0.15, 0.2) is 0 Å². The normalized spacial score (nSPS) is 13.1. The second-order valence-corrected chi connectivity index (χ2v) is 15.2. The molecule has 0 aliphatic rings. The summed E-state index contributed by atoms with van der Waals surface area (Å²) in [5.41, 5.74) is 0. The molecule has 3 nitrogen and oxygen atoms in total. The van der Waals surface area contributed by atoms with Crippen molar-refractivity contribution in [1.29, 1.82) is 0 Å². The summed E-state index contributed by atoms with van der Waals surface area (Å²) >= 11 is 0. The lowest BCUT2D eigenvalue weighted by atomic mass is 10.0. The molecule has 0 spiro atoms. The van der Waals surface area contributed by atoms with Gasteiger partial charge in [0.25, 0.3) is 0 Å². The van der Waals surface area contributed by atoms with Crippen LogP contribution in [-0.4, -0.2) is 34.4 Å². The number of hydrogen-bond donors (Lipinski definition) is 0. The lowest BCUT2D eigenvalue weighted by molar-refractivity contribution is -0.147. The summed E-state index contributed by atoms with van der Waals surface area (Å²) in [4.78, 5) is 12.0. The molecule has 0 N–H and O–H groups in total. The van der Waals surface area contributed by atoms with Crippen molar-refractivity contribution in [1.82, 2.24) is 0 Å². The number of carbonyl (C=O) groups excluding carboxylic acids is 1. The zero-order valence-electron chi connectivity index (χ0n) is 20.3. The van der Waals surface area contributed by atoms with Gasteiger partial charge in [-0.15, -0.1) is 0 Å². The van der Waals surface area contributed by atoms with Gasteiger partial charge in [0.1, 0.15) is 0 Å². The quantitative estimate of drug-likeness (QED) is 0.0862. The fourth-order valence-electron chi connectivity index (χ4n) is 3.32. The molecule has 0 unspecified atom stereocenters. The molecule has 0 amide bonds. The van der Waals surface area contributed by atoms with Crippen molar-refractivity contribution >= 4 is 14.0 Å². The second-order valence-electron chi connectivity index (χ2n) is 9.63. The van der Waals surface area contributed by atoms with Crippen molar-refractivity contribution in [3.63, 3.8) is 0 Å². The average Bonchev–Trinajstić information content (AvgIpc) is 2.68. The van der Waals surface area contributed by atoms with E-state index in [1.807, 2.05) is 0 Å². The van der Waals surface area contributed by atoms with Gasteiger partial charge in [-0.1, -0.05) is 90.1 Å². The summed E-state index contributed by atoms with van der Waals surface area (Å²) < 4.78 is 10.7. The number of ether oxygens (including phenoxy) is 2. The van der Waals surface area contributed by atoms with E-state index in [0.717, 1.165) is 25.5 Å². The lowest BCUT2D eigenvalue weighted by Crippen LogP contribution is -2.25. The highest BCUT2D eigenvalue weighted by atomic mass is 28.3. The highest BCUT2D eigenvalue weighted by Crippen LogP contribution is 2.15. The largest absolute Gasteiger partial charge is 0.469 e. The van der Waals surface area contributed by atoms with Crippen LogP contribution in [0.4, 0.5) is 0 Å². The van der Waals surface area contributed by atoms with Crippen LogP contribution in [0.5, 0.6) is 0 Å². The number of hydrogen-bond acceptors (Lipinski definition) is 3. The predicted octanol–water partition coefficient (Wildman–Crippen LogP) is 7.78. The van der Waals surface area contributed by atoms with E-state index in [2.05, 4.69) is 38.7 Å². The highest BCUT2D eigenvalue weighted by Gasteiger charge is 2.20. The van der Waals surface area contributed by atoms with E-state index in [-0.39, 0.29) is 11.9 Å². The van der Waals surface area contributed by atoms with Crippen LogP contribution in [0.3, 0.4) is 0 Å². The second kappa shape index (κ2) is 19.4. The molecule has 0 saturated carbocycles. The Hall–Kier alpha value is -0.613. The van der Waals surface area contributed by atoms with Gasteiger partial charge in [-0.05, 0) is 38.1 Å². The average molecular weight is 427 g/mol. The minimum atomic E-state index is -1.07. The van der Waals surface area contributed by atoms with E-state index in [4.69, 9.17) is 9.47 Å². The van der Waals surface area contributed by atoms with Crippen LogP contribution in [-0.2, 0) is 14.3 Å². The first kappa shape index (κ1) is 28.4. The first-order valence-corrected chi connectivity index (χ1v) is 15.9. The molecule has 0 heterocycles. The summed E-state index contributed by atoms with van der Waals surface area (Å²) in [5, 5.41) is 0. The monoisotopic (exact) mass is 426 g/mol. The molecule has 1 atom stereocenters. The Kier molecular flexibility index (Phi) is 18.9. The van der Waals surface area contributed by atoms with E-state index >= 15 is 0 Å². The van der Waals surface area contributed by atoms with Crippen LogP contribution < -0.4 is 0 Å². The van der Waals surface area contributed by atoms with Crippen molar-refractivity contribution in [3.05, 3.63) is 12.2 Å². The number of esters is 1. The fourth-order valence-corrected chi connectivity index (χ4v) is 4.08. The van der Waals surface area contributed by atoms with E-state index in [9.17, 15) is 4.79 Å². The van der Waals surface area contributed by atoms with Crippen LogP contribution in [0.2, 0.25) is 25.7 Å². The molecule has 0 rings (SSSR count). The van der Waals surface area contributed by atoms with Gasteiger partial charge in [-0.3, -0.25) is 4.79 Å². The van der Waals surface area contributed by atoms with Gasteiger partial charge >= 0.3 is 5.97 Å². The minimum absolute atomic E-state index is 0.0983. The van der Waals surface area contributed by atoms with Crippen LogP contribution >= 0.6 is 0 Å². The summed E-state index contributed by atoms with van der Waals surface area (Å²) in [6, 6.07) is 1.15. The van der Waals surface area contributed by atoms with Gasteiger partial charge in [-0.2, -0.15) is 0 Å². The molecule has 4 heteroatoms. The van der Waals surface area contributed by atoms with E-state index in [0.29, 0.717) is 6.61 Å². The Morgan fingerprint density at radius 3 is 1.97 bits per heavy atom. The molecule has 0 saturated heterocycles. The summed E-state index contributed by atoms with van der Waals surface area (Å²) in [7, 11) is 0.407. The molecule has 0 radical (unpaired) electrons. The Labute approximate surface area is 183 Å². The Balaban J connectivity index is 3.67. The topological polar surface area (TPSA) is 35.5 Å². The maximum atomic E-state index is 12.0. The first-order valence-electron chi connectivity index (χ1n) is 12.2. The van der Waals surface area contributed by atoms with Crippen molar-refractivity contribution in [3.8, 4) is 0 Å². The first-order chi connectivity index (χ1) is 13.9. The number of methoxy groups -OCH3 is 1. The maximum absolute atomic E-state index is 12.0. The van der Waals surface area contributed by atoms with Crippen LogP contribution in [0, 0.1) is 5.92 Å². The van der Waals surface area contributed by atoms with Crippen LogP contribution in [0.25, 0.3) is 0 Å². The fraction of sp³-hybridized carbons (Fsp3) is 0.880. The lowest BCUT2D eigenvalue weighted by Gasteiger charge is -2.18. The SMILES string of the molecule is CCCCCCCC/C=C\CCCCCC[C@H](COCC[Si](C)(C)C)C(=O)OC. The maximum Gasteiger partial charge on any atom is 0.311 e. The molecule has 0 bridgehead atoms. The Bertz CT molecular complexity index is 401. The van der Waals surface area contributed by atoms with E-state index < -0.39 is 8.07 Å². The van der Waals surface area contributed by atoms with Crippen molar-refractivity contribution in [2.75, 3.05) is 20.3 Å². The summed E-state index contributed by atoms with van der Waals surface area (Å²) in [6.07, 6.45) is 21.1. The van der Waals surface area contributed by atoms with Crippen LogP contribution in [0.15, 0.2) is 12.2 Å². The van der Waals surface area contributed by atoms with Crippen LogP contribution in [0.1, 0.15) is 90.4 Å². The highest BCUT2D eigenvalue weighted by molar-refractivity contribution is 6.76. The molecule has 0 aromatic rings. The smallest absolute Gasteiger partial charge is 0.311 e. The molecular weight excluding hydrogens is 376 g/mol. The van der Waals surface area contributed by atoms with Crippen molar-refractivity contribution < 1.29 is 14.3 Å². The zero-order valence-corrected chi connectivity index (χ0v) is 21.3. The molecule has 0 aliphatic heterocycles. The third-order valence-corrected chi connectivity index (χ3v) is 7.12. The number of allylic oxidation sites excluding steroid dienone is 2. The number of rotatable bonds is 20.